The third-order valence-electron chi connectivity index (χ3n) is 6.83. The van der Waals surface area contributed by atoms with E-state index in [2.05, 4.69) is 10.6 Å². The van der Waals surface area contributed by atoms with Crippen LogP contribution in [-0.2, 0) is 27.3 Å². The Labute approximate surface area is 242 Å². The smallest absolute Gasteiger partial charge is 0.247 e. The number of nitrogens with zero attached hydrogens (tertiary/aromatic N) is 1. The molecule has 0 spiro atoms. The van der Waals surface area contributed by atoms with Gasteiger partial charge in [-0.2, -0.15) is 0 Å². The second kappa shape index (κ2) is 13.6. The van der Waals surface area contributed by atoms with Crippen molar-refractivity contribution < 1.29 is 19.2 Å². The molecule has 1 aliphatic heterocycles. The molecule has 0 bridgehead atoms. The molecular formula is C30H30Cl2N4O4. The first kappa shape index (κ1) is 29.3. The molecule has 208 valence electrons. The highest BCUT2D eigenvalue weighted by atomic mass is 35.5. The van der Waals surface area contributed by atoms with E-state index in [-0.39, 0.29) is 60.5 Å². The summed E-state index contributed by atoms with van der Waals surface area (Å²) in [5.41, 5.74) is 8.46. The van der Waals surface area contributed by atoms with Crippen molar-refractivity contribution in [2.24, 2.45) is 5.73 Å². The van der Waals surface area contributed by atoms with Crippen LogP contribution in [0.1, 0.15) is 40.7 Å². The lowest BCUT2D eigenvalue weighted by molar-refractivity contribution is -0.142. The van der Waals surface area contributed by atoms with Gasteiger partial charge in [-0.3, -0.25) is 19.2 Å². The van der Waals surface area contributed by atoms with Crippen molar-refractivity contribution in [3.8, 4) is 0 Å². The molecule has 3 aromatic rings. The van der Waals surface area contributed by atoms with E-state index in [1.165, 1.54) is 4.90 Å². The van der Waals surface area contributed by atoms with Gasteiger partial charge in [-0.25, -0.2) is 0 Å². The zero-order valence-electron chi connectivity index (χ0n) is 21.7. The molecule has 3 amide bonds. The summed E-state index contributed by atoms with van der Waals surface area (Å²) >= 11 is 12.3. The number of benzene rings is 3. The standard InChI is InChI=1S/C30H30Cl2N4O4/c31-22-11-6-12-23(28(22)32)34-29(39)24(15-16-33)35-30(40)25-17-20-9-4-5-10-21(20)18-36(25)27(38)14-13-26(37)19-7-2-1-3-8-19/h1-12,24-25H,13-18,33H2,(H,34,39)(H,35,40)/t24-,25-/m0/s1. The highest BCUT2D eigenvalue weighted by Gasteiger charge is 2.36. The predicted molar refractivity (Wildman–Crippen MR) is 155 cm³/mol. The predicted octanol–water partition coefficient (Wildman–Crippen LogP) is 4.38. The molecule has 40 heavy (non-hydrogen) atoms. The number of hydrogen-bond acceptors (Lipinski definition) is 5. The van der Waals surface area contributed by atoms with Crippen molar-refractivity contribution in [1.29, 1.82) is 0 Å². The van der Waals surface area contributed by atoms with Crippen LogP contribution in [0.2, 0.25) is 10.0 Å². The SMILES string of the molecule is NCC[C@H](NC(=O)[C@@H]1Cc2ccccc2CN1C(=O)CCC(=O)c1ccccc1)C(=O)Nc1cccc(Cl)c1Cl. The van der Waals surface area contributed by atoms with E-state index >= 15 is 0 Å². The van der Waals surface area contributed by atoms with Crippen molar-refractivity contribution in [2.45, 2.75) is 44.3 Å². The monoisotopic (exact) mass is 580 g/mol. The molecule has 0 radical (unpaired) electrons. The van der Waals surface area contributed by atoms with Gasteiger partial charge >= 0.3 is 0 Å². The number of hydrogen-bond donors (Lipinski definition) is 3. The number of Topliss-reactive ketones (excluding diaryl/α,β-unsaturated/α-hetero) is 1. The fraction of sp³-hybridized carbons (Fsp3) is 0.267. The van der Waals surface area contributed by atoms with Crippen molar-refractivity contribution in [2.75, 3.05) is 11.9 Å². The summed E-state index contributed by atoms with van der Waals surface area (Å²) < 4.78 is 0. The Morgan fingerprint density at radius 1 is 0.900 bits per heavy atom. The van der Waals surface area contributed by atoms with Crippen molar-refractivity contribution in [1.82, 2.24) is 10.2 Å². The van der Waals surface area contributed by atoms with Gasteiger partial charge in [0.1, 0.15) is 12.1 Å². The Bertz CT molecular complexity index is 1400. The van der Waals surface area contributed by atoms with Crippen LogP contribution in [0.3, 0.4) is 0 Å². The van der Waals surface area contributed by atoms with Crippen LogP contribution in [-0.4, -0.2) is 47.0 Å². The van der Waals surface area contributed by atoms with E-state index in [1.54, 1.807) is 42.5 Å². The number of fused-ring (bicyclic) bond motifs is 1. The fourth-order valence-corrected chi connectivity index (χ4v) is 5.02. The average molecular weight is 582 g/mol. The van der Waals surface area contributed by atoms with Crippen LogP contribution in [0.4, 0.5) is 5.69 Å². The lowest BCUT2D eigenvalue weighted by Gasteiger charge is -2.36. The second-order valence-corrected chi connectivity index (χ2v) is 10.3. The number of ketones is 1. The summed E-state index contributed by atoms with van der Waals surface area (Å²) in [5, 5.41) is 5.94. The van der Waals surface area contributed by atoms with Gasteiger partial charge in [0.05, 0.1) is 15.7 Å². The van der Waals surface area contributed by atoms with Gasteiger partial charge in [0, 0.05) is 31.4 Å². The molecular weight excluding hydrogens is 551 g/mol. The van der Waals surface area contributed by atoms with E-state index in [4.69, 9.17) is 28.9 Å². The first-order chi connectivity index (χ1) is 19.3. The first-order valence-corrected chi connectivity index (χ1v) is 13.7. The topological polar surface area (TPSA) is 122 Å². The lowest BCUT2D eigenvalue weighted by Crippen LogP contribution is -2.56. The highest BCUT2D eigenvalue weighted by Crippen LogP contribution is 2.30. The minimum absolute atomic E-state index is 0.0218. The lowest BCUT2D eigenvalue weighted by atomic mass is 9.92. The number of nitrogens with two attached hydrogens (primary N) is 1. The molecule has 3 aromatic carbocycles. The van der Waals surface area contributed by atoms with E-state index in [1.807, 2.05) is 30.3 Å². The van der Waals surface area contributed by atoms with E-state index < -0.39 is 23.9 Å². The minimum atomic E-state index is -0.971. The van der Waals surface area contributed by atoms with Crippen LogP contribution in [0, 0.1) is 0 Å². The van der Waals surface area contributed by atoms with Crippen LogP contribution in [0.25, 0.3) is 0 Å². The van der Waals surface area contributed by atoms with Crippen molar-refractivity contribution in [3.05, 3.63) is 99.5 Å². The number of amides is 3. The zero-order valence-corrected chi connectivity index (χ0v) is 23.3. The fourth-order valence-electron chi connectivity index (χ4n) is 4.68. The summed E-state index contributed by atoms with van der Waals surface area (Å²) in [5.74, 6) is -1.45. The molecule has 0 unspecified atom stereocenters. The molecule has 1 aliphatic rings. The normalized spacial score (nSPS) is 15.1. The van der Waals surface area contributed by atoms with Crippen LogP contribution in [0.15, 0.2) is 72.8 Å². The number of rotatable bonds is 10. The summed E-state index contributed by atoms with van der Waals surface area (Å²) in [6, 6.07) is 19.4. The Morgan fingerprint density at radius 2 is 1.60 bits per heavy atom. The Kier molecular flexibility index (Phi) is 9.93. The van der Waals surface area contributed by atoms with Gasteiger partial charge in [-0.05, 0) is 36.2 Å². The maximum Gasteiger partial charge on any atom is 0.247 e. The summed E-state index contributed by atoms with van der Waals surface area (Å²) in [6.07, 6.45) is 0.420. The van der Waals surface area contributed by atoms with E-state index in [0.717, 1.165) is 11.1 Å². The number of halogens is 2. The summed E-state index contributed by atoms with van der Waals surface area (Å²) in [4.78, 5) is 54.2. The molecule has 0 aliphatic carbocycles. The average Bonchev–Trinajstić information content (AvgIpc) is 2.97. The first-order valence-electron chi connectivity index (χ1n) is 13.0. The van der Waals surface area contributed by atoms with Crippen LogP contribution in [0.5, 0.6) is 0 Å². The Hall–Kier alpha value is -3.72. The molecule has 4 rings (SSSR count). The summed E-state index contributed by atoms with van der Waals surface area (Å²) in [6.45, 7) is 0.359. The zero-order chi connectivity index (χ0) is 28.6. The second-order valence-electron chi connectivity index (χ2n) is 9.53. The van der Waals surface area contributed by atoms with Crippen LogP contribution < -0.4 is 16.4 Å². The molecule has 8 nitrogen and oxygen atoms in total. The molecule has 2 atom stereocenters. The maximum atomic E-state index is 13.6. The maximum absolute atomic E-state index is 13.6. The quantitative estimate of drug-likeness (QED) is 0.307. The molecule has 1 heterocycles. The molecule has 0 aromatic heterocycles. The molecule has 0 saturated heterocycles. The Balaban J connectivity index is 1.50. The molecule has 10 heteroatoms. The van der Waals surface area contributed by atoms with Crippen LogP contribution >= 0.6 is 23.2 Å². The van der Waals surface area contributed by atoms with Gasteiger partial charge in [0.2, 0.25) is 17.7 Å². The van der Waals surface area contributed by atoms with Gasteiger partial charge < -0.3 is 21.3 Å². The minimum Gasteiger partial charge on any atom is -0.342 e. The Morgan fingerprint density at radius 3 is 2.33 bits per heavy atom. The highest BCUT2D eigenvalue weighted by molar-refractivity contribution is 6.44. The van der Waals surface area contributed by atoms with Crippen molar-refractivity contribution in [3.63, 3.8) is 0 Å². The number of nitrogens with one attached hydrogen (secondary N) is 2. The molecule has 0 fully saturated rings. The largest absolute Gasteiger partial charge is 0.342 e. The number of anilines is 1. The summed E-state index contributed by atoms with van der Waals surface area (Å²) in [7, 11) is 0. The number of carbonyl (C=O) groups excluding carboxylic acids is 4. The molecule has 0 saturated carbocycles. The number of carbonyl (C=O) groups is 4. The van der Waals surface area contributed by atoms with Gasteiger partial charge in [-0.15, -0.1) is 0 Å². The van der Waals surface area contributed by atoms with Gasteiger partial charge in [0.15, 0.2) is 5.78 Å². The van der Waals surface area contributed by atoms with E-state index in [0.29, 0.717) is 11.3 Å². The third kappa shape index (κ3) is 7.07. The third-order valence-corrected chi connectivity index (χ3v) is 7.65. The van der Waals surface area contributed by atoms with Gasteiger partial charge in [0.25, 0.3) is 0 Å². The van der Waals surface area contributed by atoms with E-state index in [9.17, 15) is 19.2 Å². The van der Waals surface area contributed by atoms with Crippen molar-refractivity contribution >= 4 is 52.4 Å². The molecule has 4 N–H and O–H groups in total. The van der Waals surface area contributed by atoms with Gasteiger partial charge in [-0.1, -0.05) is 83.9 Å².